The van der Waals surface area contributed by atoms with Gasteiger partial charge < -0.3 is 0 Å². The van der Waals surface area contributed by atoms with Crippen molar-refractivity contribution in [1.29, 1.82) is 0 Å². The van der Waals surface area contributed by atoms with Crippen molar-refractivity contribution in [3.63, 3.8) is 0 Å². The van der Waals surface area contributed by atoms with E-state index >= 15 is 0 Å². The molecule has 0 spiro atoms. The van der Waals surface area contributed by atoms with Crippen LogP contribution in [0.1, 0.15) is 20.8 Å². The van der Waals surface area contributed by atoms with E-state index in [0.29, 0.717) is 22.0 Å². The Balaban J connectivity index is 1.74. The molecule has 0 unspecified atom stereocenters. The first-order valence-electron chi connectivity index (χ1n) is 8.03. The molecular formula is C19H17FN2O3S2. The Kier molecular flexibility index (Phi) is 5.38. The van der Waals surface area contributed by atoms with Crippen LogP contribution in [0.25, 0.3) is 11.3 Å². The minimum atomic E-state index is -3.12. The van der Waals surface area contributed by atoms with Crippen molar-refractivity contribution < 1.29 is 17.6 Å². The van der Waals surface area contributed by atoms with E-state index in [2.05, 4.69) is 10.3 Å². The molecule has 0 fully saturated rings. The molecule has 1 aromatic heterocycles. The molecule has 5 nitrogen and oxygen atoms in total. The standard InChI is InChI=1S/C19H17FN2O3S2/c1-12-17(14-7-9-16(20)10-8-14)21-19(26-12)22-18(23)15-5-3-13(4-6-15)11-27(2,24)25/h3-10H,11H2,1-2H3,(H,21,22,23). The summed E-state index contributed by atoms with van der Waals surface area (Å²) in [4.78, 5) is 17.7. The molecule has 0 aliphatic rings. The number of amides is 1. The number of rotatable bonds is 5. The van der Waals surface area contributed by atoms with Gasteiger partial charge in [-0.15, -0.1) is 11.3 Å². The van der Waals surface area contributed by atoms with E-state index in [9.17, 15) is 17.6 Å². The van der Waals surface area contributed by atoms with Gasteiger partial charge in [-0.05, 0) is 48.9 Å². The number of carbonyl (C=O) groups excluding carboxylic acids is 1. The van der Waals surface area contributed by atoms with Gasteiger partial charge in [-0.3, -0.25) is 10.1 Å². The van der Waals surface area contributed by atoms with Crippen molar-refractivity contribution in [3.8, 4) is 11.3 Å². The molecule has 3 rings (SSSR count). The van der Waals surface area contributed by atoms with Crippen LogP contribution in [0.2, 0.25) is 0 Å². The number of nitrogens with zero attached hydrogens (tertiary/aromatic N) is 1. The highest BCUT2D eigenvalue weighted by atomic mass is 32.2. The first-order chi connectivity index (χ1) is 12.7. The average molecular weight is 404 g/mol. The first-order valence-corrected chi connectivity index (χ1v) is 10.9. The lowest BCUT2D eigenvalue weighted by molar-refractivity contribution is 0.102. The van der Waals surface area contributed by atoms with E-state index in [1.54, 1.807) is 36.4 Å². The summed E-state index contributed by atoms with van der Waals surface area (Å²) in [5.74, 6) is -0.721. The number of aromatic nitrogens is 1. The molecule has 1 amide bonds. The van der Waals surface area contributed by atoms with Gasteiger partial charge in [0.2, 0.25) is 0 Å². The summed E-state index contributed by atoms with van der Waals surface area (Å²) in [7, 11) is -3.12. The number of anilines is 1. The van der Waals surface area contributed by atoms with E-state index in [1.165, 1.54) is 23.5 Å². The third kappa shape index (κ3) is 4.99. The van der Waals surface area contributed by atoms with E-state index in [0.717, 1.165) is 16.7 Å². The van der Waals surface area contributed by atoms with E-state index < -0.39 is 9.84 Å². The number of aryl methyl sites for hydroxylation is 1. The average Bonchev–Trinajstić information content (AvgIpc) is 2.95. The fraction of sp³-hybridized carbons (Fsp3) is 0.158. The molecule has 0 saturated carbocycles. The molecule has 0 aliphatic heterocycles. The zero-order valence-electron chi connectivity index (χ0n) is 14.7. The number of sulfone groups is 1. The van der Waals surface area contributed by atoms with Gasteiger partial charge in [0.15, 0.2) is 15.0 Å². The number of nitrogens with one attached hydrogen (secondary N) is 1. The van der Waals surface area contributed by atoms with Crippen LogP contribution in [0.4, 0.5) is 9.52 Å². The summed E-state index contributed by atoms with van der Waals surface area (Å²) in [5.41, 5.74) is 2.50. The number of thiazole rings is 1. The minimum Gasteiger partial charge on any atom is -0.298 e. The van der Waals surface area contributed by atoms with E-state index in [-0.39, 0.29) is 17.5 Å². The molecule has 3 aromatic rings. The monoisotopic (exact) mass is 404 g/mol. The highest BCUT2D eigenvalue weighted by Gasteiger charge is 2.14. The van der Waals surface area contributed by atoms with Gasteiger partial charge in [0, 0.05) is 22.3 Å². The fourth-order valence-electron chi connectivity index (χ4n) is 2.55. The Bertz CT molecular complexity index is 1070. The number of carbonyl (C=O) groups is 1. The molecule has 0 bridgehead atoms. The quantitative estimate of drug-likeness (QED) is 0.696. The lowest BCUT2D eigenvalue weighted by Crippen LogP contribution is -2.11. The van der Waals surface area contributed by atoms with Crippen LogP contribution in [-0.2, 0) is 15.6 Å². The predicted molar refractivity (Wildman–Crippen MR) is 105 cm³/mol. The van der Waals surface area contributed by atoms with Crippen LogP contribution < -0.4 is 5.32 Å². The lowest BCUT2D eigenvalue weighted by atomic mass is 10.1. The lowest BCUT2D eigenvalue weighted by Gasteiger charge is -2.04. The second-order valence-corrected chi connectivity index (χ2v) is 9.50. The largest absolute Gasteiger partial charge is 0.298 e. The highest BCUT2D eigenvalue weighted by Crippen LogP contribution is 2.30. The van der Waals surface area contributed by atoms with Crippen LogP contribution in [0.5, 0.6) is 0 Å². The van der Waals surface area contributed by atoms with Crippen LogP contribution >= 0.6 is 11.3 Å². The topological polar surface area (TPSA) is 76.1 Å². The summed E-state index contributed by atoms with van der Waals surface area (Å²) in [6.07, 6.45) is 1.16. The summed E-state index contributed by atoms with van der Waals surface area (Å²) in [5, 5.41) is 3.19. The molecule has 1 heterocycles. The van der Waals surface area contributed by atoms with Gasteiger partial charge in [-0.2, -0.15) is 0 Å². The number of hydrogen-bond donors (Lipinski definition) is 1. The summed E-state index contributed by atoms with van der Waals surface area (Å²) < 4.78 is 35.7. The maximum absolute atomic E-state index is 13.1. The normalized spacial score (nSPS) is 11.4. The molecule has 27 heavy (non-hydrogen) atoms. The Morgan fingerprint density at radius 1 is 1.11 bits per heavy atom. The fourth-order valence-corrected chi connectivity index (χ4v) is 4.18. The van der Waals surface area contributed by atoms with Crippen molar-refractivity contribution in [2.24, 2.45) is 0 Å². The van der Waals surface area contributed by atoms with Gasteiger partial charge >= 0.3 is 0 Å². The van der Waals surface area contributed by atoms with Gasteiger partial charge in [-0.25, -0.2) is 17.8 Å². The minimum absolute atomic E-state index is 0.0679. The SMILES string of the molecule is Cc1sc(NC(=O)c2ccc(CS(C)(=O)=O)cc2)nc1-c1ccc(F)cc1. The highest BCUT2D eigenvalue weighted by molar-refractivity contribution is 7.89. The Labute approximate surface area is 160 Å². The van der Waals surface area contributed by atoms with Crippen LogP contribution in [0.15, 0.2) is 48.5 Å². The number of hydrogen-bond acceptors (Lipinski definition) is 5. The van der Waals surface area contributed by atoms with Gasteiger partial charge in [0.05, 0.1) is 11.4 Å². The maximum Gasteiger partial charge on any atom is 0.257 e. The van der Waals surface area contributed by atoms with Gasteiger partial charge in [0.1, 0.15) is 5.82 Å². The van der Waals surface area contributed by atoms with Crippen molar-refractivity contribution in [2.45, 2.75) is 12.7 Å². The second kappa shape index (κ2) is 7.58. The number of benzene rings is 2. The molecule has 0 saturated heterocycles. The predicted octanol–water partition coefficient (Wildman–Crippen LogP) is 4.05. The van der Waals surface area contributed by atoms with Crippen molar-refractivity contribution in [1.82, 2.24) is 4.98 Å². The molecular weight excluding hydrogens is 387 g/mol. The third-order valence-electron chi connectivity index (χ3n) is 3.78. The smallest absolute Gasteiger partial charge is 0.257 e. The zero-order valence-corrected chi connectivity index (χ0v) is 16.3. The molecule has 2 aromatic carbocycles. The van der Waals surface area contributed by atoms with Crippen molar-refractivity contribution in [2.75, 3.05) is 11.6 Å². The van der Waals surface area contributed by atoms with E-state index in [4.69, 9.17) is 0 Å². The first kappa shape index (κ1) is 19.2. The Morgan fingerprint density at radius 3 is 2.33 bits per heavy atom. The van der Waals surface area contributed by atoms with Gasteiger partial charge in [0.25, 0.3) is 5.91 Å². The van der Waals surface area contributed by atoms with Gasteiger partial charge in [-0.1, -0.05) is 12.1 Å². The molecule has 0 atom stereocenters. The Hall–Kier alpha value is -2.58. The zero-order chi connectivity index (χ0) is 19.6. The van der Waals surface area contributed by atoms with Crippen molar-refractivity contribution in [3.05, 3.63) is 70.4 Å². The molecule has 8 heteroatoms. The van der Waals surface area contributed by atoms with Crippen LogP contribution in [0, 0.1) is 12.7 Å². The summed E-state index contributed by atoms with van der Waals surface area (Å²) in [6.45, 7) is 1.88. The van der Waals surface area contributed by atoms with E-state index in [1.807, 2.05) is 6.92 Å². The van der Waals surface area contributed by atoms with Crippen LogP contribution in [0.3, 0.4) is 0 Å². The summed E-state index contributed by atoms with van der Waals surface area (Å²) in [6, 6.07) is 12.4. The Morgan fingerprint density at radius 2 is 1.74 bits per heavy atom. The molecule has 0 aliphatic carbocycles. The molecule has 140 valence electrons. The third-order valence-corrected chi connectivity index (χ3v) is 5.52. The summed E-state index contributed by atoms with van der Waals surface area (Å²) >= 11 is 1.33. The van der Waals surface area contributed by atoms with Crippen LogP contribution in [-0.4, -0.2) is 25.6 Å². The second-order valence-electron chi connectivity index (χ2n) is 6.15. The number of halogens is 1. The maximum atomic E-state index is 13.1. The molecule has 0 radical (unpaired) electrons. The van der Waals surface area contributed by atoms with Crippen molar-refractivity contribution >= 4 is 32.2 Å². The molecule has 1 N–H and O–H groups in total.